The van der Waals surface area contributed by atoms with Crippen LogP contribution in [-0.2, 0) is 6.54 Å². The molecule has 0 saturated carbocycles. The van der Waals surface area contributed by atoms with E-state index in [9.17, 15) is 4.79 Å². The van der Waals surface area contributed by atoms with E-state index in [-0.39, 0.29) is 11.8 Å². The van der Waals surface area contributed by atoms with E-state index >= 15 is 0 Å². The molecular weight excluding hydrogens is 374 g/mol. The number of ether oxygens (including phenoxy) is 2. The number of carbonyl (C=O) groups excluding carboxylic acids is 1. The molecule has 0 amide bonds. The molecule has 0 saturated heterocycles. The molecule has 3 aromatic carbocycles. The maximum absolute atomic E-state index is 12.9. The van der Waals surface area contributed by atoms with Crippen molar-refractivity contribution in [1.82, 2.24) is 4.90 Å². The number of nitrogens with zero attached hydrogens (tertiary/aromatic N) is 1. The first kappa shape index (κ1) is 18.6. The molecule has 0 spiro atoms. The number of benzene rings is 3. The van der Waals surface area contributed by atoms with Gasteiger partial charge in [0.1, 0.15) is 18.2 Å². The van der Waals surface area contributed by atoms with Crippen molar-refractivity contribution in [2.24, 2.45) is 0 Å². The molecule has 1 atom stereocenters. The SMILES string of the molecule is Cc1ccc(/C=C2\Oc3c(ccc4c3CN(C(C)c3ccccc3)CO4)C2=O)cc1. The molecule has 1 unspecified atom stereocenters. The van der Waals surface area contributed by atoms with Gasteiger partial charge in [-0.1, -0.05) is 60.2 Å². The highest BCUT2D eigenvalue weighted by molar-refractivity contribution is 6.15. The molecule has 30 heavy (non-hydrogen) atoms. The average Bonchev–Trinajstić information content (AvgIpc) is 3.11. The van der Waals surface area contributed by atoms with E-state index in [0.717, 1.165) is 16.9 Å². The van der Waals surface area contributed by atoms with Gasteiger partial charge in [0.05, 0.1) is 11.1 Å². The van der Waals surface area contributed by atoms with Crippen LogP contribution in [-0.4, -0.2) is 17.4 Å². The molecule has 5 rings (SSSR count). The van der Waals surface area contributed by atoms with Crippen molar-refractivity contribution in [2.45, 2.75) is 26.4 Å². The van der Waals surface area contributed by atoms with Gasteiger partial charge < -0.3 is 9.47 Å². The van der Waals surface area contributed by atoms with Gasteiger partial charge in [-0.2, -0.15) is 0 Å². The Kier molecular flexibility index (Phi) is 4.64. The van der Waals surface area contributed by atoms with Crippen LogP contribution in [0.5, 0.6) is 11.5 Å². The first-order chi connectivity index (χ1) is 14.6. The Labute approximate surface area is 176 Å². The van der Waals surface area contributed by atoms with Gasteiger partial charge in [0.25, 0.3) is 0 Å². The third-order valence-electron chi connectivity index (χ3n) is 5.85. The summed E-state index contributed by atoms with van der Waals surface area (Å²) in [7, 11) is 0. The maximum Gasteiger partial charge on any atom is 0.231 e. The average molecular weight is 397 g/mol. The monoisotopic (exact) mass is 397 g/mol. The number of fused-ring (bicyclic) bond motifs is 3. The molecule has 3 aromatic rings. The number of aryl methyl sites for hydroxylation is 1. The Bertz CT molecular complexity index is 1130. The zero-order chi connectivity index (χ0) is 20.7. The molecule has 0 aromatic heterocycles. The molecular formula is C26H23NO3. The van der Waals surface area contributed by atoms with Crippen molar-refractivity contribution in [1.29, 1.82) is 0 Å². The van der Waals surface area contributed by atoms with E-state index in [4.69, 9.17) is 9.47 Å². The van der Waals surface area contributed by atoms with Crippen LogP contribution >= 0.6 is 0 Å². The molecule has 150 valence electrons. The van der Waals surface area contributed by atoms with Crippen LogP contribution in [0.4, 0.5) is 0 Å². The molecule has 0 bridgehead atoms. The van der Waals surface area contributed by atoms with Crippen molar-refractivity contribution in [3.05, 3.63) is 100 Å². The van der Waals surface area contributed by atoms with Crippen LogP contribution in [0.25, 0.3) is 6.08 Å². The van der Waals surface area contributed by atoms with Gasteiger partial charge in [0.15, 0.2) is 5.76 Å². The summed E-state index contributed by atoms with van der Waals surface area (Å²) in [5.74, 6) is 1.69. The number of hydrogen-bond donors (Lipinski definition) is 0. The highest BCUT2D eigenvalue weighted by Gasteiger charge is 2.34. The lowest BCUT2D eigenvalue weighted by molar-refractivity contribution is 0.0606. The van der Waals surface area contributed by atoms with Gasteiger partial charge in [0.2, 0.25) is 5.78 Å². The summed E-state index contributed by atoms with van der Waals surface area (Å²) in [4.78, 5) is 15.2. The second-order valence-corrected chi connectivity index (χ2v) is 7.88. The molecule has 2 heterocycles. The fourth-order valence-corrected chi connectivity index (χ4v) is 3.98. The third-order valence-corrected chi connectivity index (χ3v) is 5.85. The molecule has 0 radical (unpaired) electrons. The van der Waals surface area contributed by atoms with E-state index in [1.54, 1.807) is 0 Å². The summed E-state index contributed by atoms with van der Waals surface area (Å²) < 4.78 is 12.1. The van der Waals surface area contributed by atoms with Crippen LogP contribution in [0.2, 0.25) is 0 Å². The Morgan fingerprint density at radius 1 is 1.00 bits per heavy atom. The number of ketones is 1. The zero-order valence-electron chi connectivity index (χ0n) is 17.1. The minimum Gasteiger partial charge on any atom is -0.478 e. The summed E-state index contributed by atoms with van der Waals surface area (Å²) in [5.41, 5.74) is 4.89. The van der Waals surface area contributed by atoms with Crippen LogP contribution in [0, 0.1) is 6.92 Å². The number of Topliss-reactive ketones (excluding diaryl/α,β-unsaturated/α-hetero) is 1. The van der Waals surface area contributed by atoms with Crippen LogP contribution in [0.1, 0.15) is 45.6 Å². The minimum absolute atomic E-state index is 0.0818. The van der Waals surface area contributed by atoms with Gasteiger partial charge in [0, 0.05) is 12.6 Å². The van der Waals surface area contributed by atoms with E-state index in [2.05, 4.69) is 24.0 Å². The summed E-state index contributed by atoms with van der Waals surface area (Å²) >= 11 is 0. The van der Waals surface area contributed by atoms with E-state index in [0.29, 0.717) is 30.3 Å². The topological polar surface area (TPSA) is 38.8 Å². The molecule has 4 heteroatoms. The third kappa shape index (κ3) is 3.29. The number of hydrogen-bond acceptors (Lipinski definition) is 4. The van der Waals surface area contributed by atoms with Crippen molar-refractivity contribution < 1.29 is 14.3 Å². The highest BCUT2D eigenvalue weighted by Crippen LogP contribution is 2.43. The van der Waals surface area contributed by atoms with Crippen LogP contribution < -0.4 is 9.47 Å². The molecule has 0 N–H and O–H groups in total. The number of rotatable bonds is 3. The fraction of sp³-hybridized carbons (Fsp3) is 0.192. The minimum atomic E-state index is -0.0818. The Morgan fingerprint density at radius 2 is 1.77 bits per heavy atom. The van der Waals surface area contributed by atoms with Crippen molar-refractivity contribution in [2.75, 3.05) is 6.73 Å². The molecule has 0 fully saturated rings. The summed E-state index contributed by atoms with van der Waals surface area (Å²) in [6, 6.07) is 22.3. The summed E-state index contributed by atoms with van der Waals surface area (Å²) in [5, 5.41) is 0. The quantitative estimate of drug-likeness (QED) is 0.545. The van der Waals surface area contributed by atoms with Crippen LogP contribution in [0.3, 0.4) is 0 Å². The lowest BCUT2D eigenvalue weighted by Crippen LogP contribution is -2.34. The first-order valence-electron chi connectivity index (χ1n) is 10.2. The number of allylic oxidation sites excluding steroid dienone is 1. The maximum atomic E-state index is 12.9. The largest absolute Gasteiger partial charge is 0.478 e. The lowest BCUT2D eigenvalue weighted by Gasteiger charge is -2.34. The molecule has 4 nitrogen and oxygen atoms in total. The van der Waals surface area contributed by atoms with Crippen molar-refractivity contribution >= 4 is 11.9 Å². The lowest BCUT2D eigenvalue weighted by atomic mass is 10.0. The van der Waals surface area contributed by atoms with Gasteiger partial charge in [-0.15, -0.1) is 0 Å². The summed E-state index contributed by atoms with van der Waals surface area (Å²) in [6.45, 7) is 5.38. The smallest absolute Gasteiger partial charge is 0.231 e. The Morgan fingerprint density at radius 3 is 2.53 bits per heavy atom. The molecule has 2 aliphatic heterocycles. The predicted octanol–water partition coefficient (Wildman–Crippen LogP) is 5.52. The summed E-state index contributed by atoms with van der Waals surface area (Å²) in [6.07, 6.45) is 1.81. The first-order valence-corrected chi connectivity index (χ1v) is 10.2. The van der Waals surface area contributed by atoms with E-state index in [1.165, 1.54) is 11.1 Å². The Balaban J connectivity index is 1.45. The van der Waals surface area contributed by atoms with Gasteiger partial charge >= 0.3 is 0 Å². The van der Waals surface area contributed by atoms with Crippen molar-refractivity contribution in [3.8, 4) is 11.5 Å². The fourth-order valence-electron chi connectivity index (χ4n) is 3.98. The van der Waals surface area contributed by atoms with Crippen LogP contribution in [0.15, 0.2) is 72.5 Å². The standard InChI is InChI=1S/C26H23NO3/c1-17-8-10-19(11-9-17)14-24-25(28)21-12-13-23-22(26(21)30-24)15-27(16-29-23)18(2)20-6-4-3-5-7-20/h3-14,18H,15-16H2,1-2H3/b24-14-. The molecule has 0 aliphatic carbocycles. The second-order valence-electron chi connectivity index (χ2n) is 7.88. The van der Waals surface area contributed by atoms with E-state index in [1.807, 2.05) is 67.6 Å². The van der Waals surface area contributed by atoms with E-state index < -0.39 is 0 Å². The number of carbonyl (C=O) groups is 1. The Hall–Kier alpha value is -3.37. The second kappa shape index (κ2) is 7.47. The highest BCUT2D eigenvalue weighted by atomic mass is 16.5. The van der Waals surface area contributed by atoms with Crippen molar-refractivity contribution in [3.63, 3.8) is 0 Å². The van der Waals surface area contributed by atoms with Gasteiger partial charge in [-0.25, -0.2) is 0 Å². The molecule has 2 aliphatic rings. The normalized spacial score (nSPS) is 17.8. The van der Waals surface area contributed by atoms with Gasteiger partial charge in [-0.3, -0.25) is 9.69 Å². The predicted molar refractivity (Wildman–Crippen MR) is 116 cm³/mol. The van der Waals surface area contributed by atoms with Gasteiger partial charge in [-0.05, 0) is 43.2 Å². The zero-order valence-corrected chi connectivity index (χ0v) is 17.1.